The molecule has 6 nitrogen and oxygen atoms in total. The van der Waals surface area contributed by atoms with Gasteiger partial charge in [-0.05, 0) is 18.9 Å². The van der Waals surface area contributed by atoms with Gasteiger partial charge in [-0.2, -0.15) is 5.26 Å². The number of carbonyl (C=O) groups excluding carboxylic acids is 1. The molecule has 1 aromatic heterocycles. The van der Waals surface area contributed by atoms with E-state index < -0.39 is 0 Å². The molecule has 0 aliphatic carbocycles. The van der Waals surface area contributed by atoms with Crippen molar-refractivity contribution in [3.63, 3.8) is 0 Å². The molecule has 1 aliphatic heterocycles. The number of rotatable bonds is 4. The van der Waals surface area contributed by atoms with E-state index >= 15 is 0 Å². The Morgan fingerprint density at radius 3 is 2.74 bits per heavy atom. The van der Waals surface area contributed by atoms with Crippen molar-refractivity contribution in [1.29, 1.82) is 5.26 Å². The highest BCUT2D eigenvalue weighted by molar-refractivity contribution is 5.86. The summed E-state index contributed by atoms with van der Waals surface area (Å²) in [6.45, 7) is 3.38. The van der Waals surface area contributed by atoms with Crippen LogP contribution < -0.4 is 5.32 Å². The first-order valence-electron chi connectivity index (χ1n) is 7.49. The van der Waals surface area contributed by atoms with Crippen molar-refractivity contribution in [3.8, 4) is 6.07 Å². The van der Waals surface area contributed by atoms with Crippen molar-refractivity contribution in [2.24, 2.45) is 0 Å². The van der Waals surface area contributed by atoms with Crippen LogP contribution in [0.1, 0.15) is 23.2 Å². The highest BCUT2D eigenvalue weighted by Gasteiger charge is 2.31. The van der Waals surface area contributed by atoms with E-state index in [1.807, 2.05) is 17.9 Å². The monoisotopic (exact) mass is 307 g/mol. The third-order valence-electron chi connectivity index (χ3n) is 3.88. The van der Waals surface area contributed by atoms with Crippen LogP contribution in [0.25, 0.3) is 0 Å². The second kappa shape index (κ2) is 6.44. The zero-order chi connectivity index (χ0) is 16.2. The van der Waals surface area contributed by atoms with Gasteiger partial charge in [0.15, 0.2) is 5.69 Å². The van der Waals surface area contributed by atoms with Crippen molar-refractivity contribution in [1.82, 2.24) is 14.9 Å². The number of anilines is 1. The Kier molecular flexibility index (Phi) is 4.20. The third kappa shape index (κ3) is 3.46. The molecule has 1 atom stereocenters. The van der Waals surface area contributed by atoms with Crippen molar-refractivity contribution >= 4 is 11.7 Å². The van der Waals surface area contributed by atoms with E-state index in [4.69, 9.17) is 5.26 Å². The summed E-state index contributed by atoms with van der Waals surface area (Å²) in [5.74, 6) is 0.580. The van der Waals surface area contributed by atoms with Crippen LogP contribution in [0.15, 0.2) is 36.7 Å². The molecule has 116 valence electrons. The number of carbonyl (C=O) groups is 1. The number of nitrogens with one attached hydrogen (secondary N) is 1. The lowest BCUT2D eigenvalue weighted by Gasteiger charge is -2.17. The van der Waals surface area contributed by atoms with Crippen LogP contribution in [-0.2, 0) is 11.3 Å². The molecule has 6 heteroatoms. The molecule has 0 spiro atoms. The molecule has 1 aromatic carbocycles. The average molecular weight is 307 g/mol. The van der Waals surface area contributed by atoms with Crippen molar-refractivity contribution in [2.45, 2.75) is 25.9 Å². The van der Waals surface area contributed by atoms with Gasteiger partial charge in [-0.15, -0.1) is 0 Å². The summed E-state index contributed by atoms with van der Waals surface area (Å²) < 4.78 is 0. The Morgan fingerprint density at radius 2 is 2.09 bits per heavy atom. The predicted octanol–water partition coefficient (Wildman–Crippen LogP) is 1.87. The number of hydrogen-bond acceptors (Lipinski definition) is 5. The van der Waals surface area contributed by atoms with Crippen molar-refractivity contribution < 1.29 is 4.79 Å². The van der Waals surface area contributed by atoms with E-state index in [2.05, 4.69) is 39.6 Å². The molecule has 2 aromatic rings. The van der Waals surface area contributed by atoms with Gasteiger partial charge in [0.1, 0.15) is 17.9 Å². The molecule has 1 fully saturated rings. The number of aryl methyl sites for hydroxylation is 1. The highest BCUT2D eigenvalue weighted by atomic mass is 16.2. The molecular formula is C17H17N5O. The van der Waals surface area contributed by atoms with Gasteiger partial charge < -0.3 is 10.2 Å². The van der Waals surface area contributed by atoms with Gasteiger partial charge in [-0.25, -0.2) is 9.97 Å². The molecule has 1 saturated heterocycles. The fraction of sp³-hybridized carbons (Fsp3) is 0.294. The second-order valence-corrected chi connectivity index (χ2v) is 5.63. The van der Waals surface area contributed by atoms with Crippen LogP contribution in [0.3, 0.4) is 0 Å². The molecule has 23 heavy (non-hydrogen) atoms. The van der Waals surface area contributed by atoms with Crippen LogP contribution in [0.4, 0.5) is 5.82 Å². The van der Waals surface area contributed by atoms with Gasteiger partial charge in [0.25, 0.3) is 0 Å². The topological polar surface area (TPSA) is 81.9 Å². The van der Waals surface area contributed by atoms with Crippen molar-refractivity contribution in [3.05, 3.63) is 53.5 Å². The summed E-state index contributed by atoms with van der Waals surface area (Å²) >= 11 is 0. The predicted molar refractivity (Wildman–Crippen MR) is 85.4 cm³/mol. The minimum atomic E-state index is -0.289. The number of benzene rings is 1. The van der Waals surface area contributed by atoms with Gasteiger partial charge >= 0.3 is 0 Å². The van der Waals surface area contributed by atoms with Gasteiger partial charge in [0.05, 0.1) is 12.4 Å². The molecule has 2 heterocycles. The molecule has 1 amide bonds. The molecular weight excluding hydrogens is 290 g/mol. The smallest absolute Gasteiger partial charge is 0.245 e. The Bertz CT molecular complexity index is 733. The fourth-order valence-corrected chi connectivity index (χ4v) is 2.58. The minimum Gasteiger partial charge on any atom is -0.357 e. The lowest BCUT2D eigenvalue weighted by atomic mass is 10.1. The summed E-state index contributed by atoms with van der Waals surface area (Å²) in [4.78, 5) is 22.4. The van der Waals surface area contributed by atoms with E-state index in [-0.39, 0.29) is 17.6 Å². The molecule has 1 unspecified atom stereocenters. The molecule has 0 radical (unpaired) electrons. The summed E-state index contributed by atoms with van der Waals surface area (Å²) in [5.41, 5.74) is 2.59. The Labute approximate surface area is 134 Å². The first-order valence-corrected chi connectivity index (χ1v) is 7.49. The van der Waals surface area contributed by atoms with Crippen LogP contribution in [0.2, 0.25) is 0 Å². The fourth-order valence-electron chi connectivity index (χ4n) is 2.58. The zero-order valence-electron chi connectivity index (χ0n) is 12.9. The molecule has 0 saturated carbocycles. The van der Waals surface area contributed by atoms with Crippen LogP contribution in [-0.4, -0.2) is 33.4 Å². The number of likely N-dealkylation sites (tertiary alicyclic amines) is 1. The summed E-state index contributed by atoms with van der Waals surface area (Å²) in [6.07, 6.45) is 3.60. The molecule has 1 aliphatic rings. The van der Waals surface area contributed by atoms with E-state index in [1.54, 1.807) is 0 Å². The number of amides is 1. The van der Waals surface area contributed by atoms with E-state index in [9.17, 15) is 4.79 Å². The third-order valence-corrected chi connectivity index (χ3v) is 3.88. The Hall–Kier alpha value is -2.94. The second-order valence-electron chi connectivity index (χ2n) is 5.63. The maximum atomic E-state index is 12.5. The summed E-state index contributed by atoms with van der Waals surface area (Å²) in [6, 6.07) is 9.84. The van der Waals surface area contributed by atoms with Gasteiger partial charge in [-0.1, -0.05) is 29.8 Å². The maximum Gasteiger partial charge on any atom is 0.245 e. The SMILES string of the molecule is Cc1ccc(CN2CCC(Nc3cnc(C#N)cn3)C2=O)cc1. The lowest BCUT2D eigenvalue weighted by molar-refractivity contribution is -0.128. The van der Waals surface area contributed by atoms with Gasteiger partial charge in [-0.3, -0.25) is 4.79 Å². The van der Waals surface area contributed by atoms with Crippen LogP contribution in [0, 0.1) is 18.3 Å². The van der Waals surface area contributed by atoms with Gasteiger partial charge in [0, 0.05) is 13.1 Å². The minimum absolute atomic E-state index is 0.0664. The van der Waals surface area contributed by atoms with Crippen molar-refractivity contribution in [2.75, 3.05) is 11.9 Å². The lowest BCUT2D eigenvalue weighted by Crippen LogP contribution is -2.33. The normalized spacial score (nSPS) is 17.1. The molecule has 0 bridgehead atoms. The first-order chi connectivity index (χ1) is 11.2. The largest absolute Gasteiger partial charge is 0.357 e. The quantitative estimate of drug-likeness (QED) is 0.932. The standard InChI is InChI=1S/C17H17N5O/c1-12-2-4-13(5-3-12)11-22-7-6-15(17(22)23)21-16-10-19-14(8-18)9-20-16/h2-5,9-10,15H,6-7,11H2,1H3,(H,20,21). The highest BCUT2D eigenvalue weighted by Crippen LogP contribution is 2.18. The Balaban J connectivity index is 1.61. The maximum absolute atomic E-state index is 12.5. The number of hydrogen-bond donors (Lipinski definition) is 1. The summed E-state index contributed by atoms with van der Waals surface area (Å²) in [5, 5.41) is 11.8. The molecule has 3 rings (SSSR count). The molecule has 1 N–H and O–H groups in total. The number of nitriles is 1. The van der Waals surface area contributed by atoms with Gasteiger partial charge in [0.2, 0.25) is 5.91 Å². The van der Waals surface area contributed by atoms with E-state index in [0.717, 1.165) is 12.0 Å². The van der Waals surface area contributed by atoms with Crippen LogP contribution >= 0.6 is 0 Å². The summed E-state index contributed by atoms with van der Waals surface area (Å²) in [7, 11) is 0. The van der Waals surface area contributed by atoms with E-state index in [0.29, 0.717) is 18.9 Å². The first kappa shape index (κ1) is 15.0. The van der Waals surface area contributed by atoms with Crippen LogP contribution in [0.5, 0.6) is 0 Å². The number of nitrogens with zero attached hydrogens (tertiary/aromatic N) is 4. The Morgan fingerprint density at radius 1 is 1.30 bits per heavy atom. The van der Waals surface area contributed by atoms with E-state index in [1.165, 1.54) is 18.0 Å². The average Bonchev–Trinajstić information content (AvgIpc) is 2.91. The zero-order valence-corrected chi connectivity index (χ0v) is 12.9. The number of aromatic nitrogens is 2.